The number of hydrogen-bond donors (Lipinski definition) is 2. The smallest absolute Gasteiger partial charge is 0.463 e. The van der Waals surface area contributed by atoms with Crippen LogP contribution in [0, 0.1) is 0 Å². The highest BCUT2D eigenvalue weighted by Crippen LogP contribution is 2.43. The number of nitrogens with zero attached hydrogens (tertiary/aromatic N) is 1. The molecule has 9 heteroatoms. The Morgan fingerprint density at radius 1 is 0.912 bits per heavy atom. The van der Waals surface area contributed by atoms with Gasteiger partial charge in [-0.1, -0.05) is 63.3 Å². The normalized spacial score (nSPS) is 15.1. The standard InChI is InChI=1S/C25H48NO7P/c1-5-6-7-8-9-10-11-12-13-14-15-16-17-18-19-25(28)31-22-24(27)23-33-34(29,30)32-21-20-26(2,3)4/h8-9,11-12,24,27H,5-7,10,13-23H2,1-4H3/p+1/b9-8-,12-11-. The van der Waals surface area contributed by atoms with Crippen LogP contribution < -0.4 is 0 Å². The Hall–Kier alpha value is -1.02. The maximum absolute atomic E-state index is 11.8. The van der Waals surface area contributed by atoms with Gasteiger partial charge in [-0.25, -0.2) is 4.57 Å². The SMILES string of the molecule is CCCC/C=C\C/C=C\CCCCCCCC(=O)OCC(O)COP(=O)(O)OCC[N+](C)(C)C. The molecule has 0 saturated heterocycles. The minimum atomic E-state index is -4.24. The Labute approximate surface area is 207 Å². The number of carbonyl (C=O) groups is 1. The van der Waals surface area contributed by atoms with E-state index in [1.54, 1.807) is 0 Å². The van der Waals surface area contributed by atoms with Gasteiger partial charge in [-0.2, -0.15) is 0 Å². The van der Waals surface area contributed by atoms with E-state index >= 15 is 0 Å². The van der Waals surface area contributed by atoms with Gasteiger partial charge in [0.2, 0.25) is 0 Å². The molecular weight excluding hydrogens is 457 g/mol. The minimum Gasteiger partial charge on any atom is -0.463 e. The first-order chi connectivity index (χ1) is 16.1. The number of unbranched alkanes of at least 4 members (excludes halogenated alkanes) is 7. The van der Waals surface area contributed by atoms with Gasteiger partial charge < -0.3 is 19.2 Å². The third-order valence-corrected chi connectivity index (χ3v) is 5.95. The molecule has 0 heterocycles. The number of phosphoric acid groups is 1. The van der Waals surface area contributed by atoms with Gasteiger partial charge in [-0.15, -0.1) is 0 Å². The predicted molar refractivity (Wildman–Crippen MR) is 136 cm³/mol. The van der Waals surface area contributed by atoms with Crippen molar-refractivity contribution in [3.8, 4) is 0 Å². The summed E-state index contributed by atoms with van der Waals surface area (Å²) in [6.07, 6.45) is 18.9. The molecule has 0 aliphatic heterocycles. The van der Waals surface area contributed by atoms with E-state index in [4.69, 9.17) is 13.8 Å². The zero-order valence-corrected chi connectivity index (χ0v) is 22.7. The van der Waals surface area contributed by atoms with E-state index in [0.29, 0.717) is 17.4 Å². The summed E-state index contributed by atoms with van der Waals surface area (Å²) >= 11 is 0. The zero-order valence-electron chi connectivity index (χ0n) is 21.8. The molecule has 0 spiro atoms. The lowest BCUT2D eigenvalue weighted by Crippen LogP contribution is -2.37. The average molecular weight is 507 g/mol. The number of esters is 1. The number of carbonyl (C=O) groups excluding carboxylic acids is 1. The van der Waals surface area contributed by atoms with Crippen molar-refractivity contribution in [2.24, 2.45) is 0 Å². The van der Waals surface area contributed by atoms with Crippen molar-refractivity contribution >= 4 is 13.8 Å². The number of aliphatic hydroxyl groups excluding tert-OH is 1. The lowest BCUT2D eigenvalue weighted by atomic mass is 10.1. The second kappa shape index (κ2) is 20.2. The van der Waals surface area contributed by atoms with E-state index in [-0.39, 0.29) is 19.2 Å². The zero-order chi connectivity index (χ0) is 25.7. The number of quaternary nitrogens is 1. The van der Waals surface area contributed by atoms with E-state index in [0.717, 1.165) is 44.9 Å². The molecular formula is C25H49NO7P+. The van der Waals surface area contributed by atoms with Crippen LogP contribution in [-0.2, 0) is 23.1 Å². The third-order valence-electron chi connectivity index (χ3n) is 4.96. The maximum atomic E-state index is 11.8. The molecule has 0 amide bonds. The van der Waals surface area contributed by atoms with Crippen LogP contribution in [-0.4, -0.2) is 74.1 Å². The Morgan fingerprint density at radius 2 is 1.53 bits per heavy atom. The van der Waals surface area contributed by atoms with Crippen molar-refractivity contribution < 1.29 is 37.6 Å². The fourth-order valence-corrected chi connectivity index (χ4v) is 3.59. The fraction of sp³-hybridized carbons (Fsp3) is 0.800. The number of aliphatic hydroxyl groups is 1. The van der Waals surface area contributed by atoms with Crippen molar-refractivity contribution in [2.75, 3.05) is 47.5 Å². The quantitative estimate of drug-likeness (QED) is 0.0688. The molecule has 0 aliphatic rings. The first-order valence-electron chi connectivity index (χ1n) is 12.6. The molecule has 2 N–H and O–H groups in total. The minimum absolute atomic E-state index is 0.0514. The molecule has 0 aromatic heterocycles. The Balaban J connectivity index is 3.65. The van der Waals surface area contributed by atoms with Gasteiger partial charge in [-0.3, -0.25) is 13.8 Å². The molecule has 2 atom stereocenters. The topological polar surface area (TPSA) is 102 Å². The molecule has 0 aromatic rings. The molecule has 0 aliphatic carbocycles. The molecule has 0 fully saturated rings. The first-order valence-corrected chi connectivity index (χ1v) is 14.1. The second-order valence-electron chi connectivity index (χ2n) is 9.58. The van der Waals surface area contributed by atoms with Gasteiger partial charge in [0, 0.05) is 6.42 Å². The van der Waals surface area contributed by atoms with Crippen molar-refractivity contribution in [1.82, 2.24) is 0 Å². The summed E-state index contributed by atoms with van der Waals surface area (Å²) in [5.41, 5.74) is 0. The molecule has 200 valence electrons. The summed E-state index contributed by atoms with van der Waals surface area (Å²) < 4.78 is 27.0. The van der Waals surface area contributed by atoms with E-state index in [2.05, 4.69) is 31.2 Å². The molecule has 8 nitrogen and oxygen atoms in total. The number of hydrogen-bond acceptors (Lipinski definition) is 6. The molecule has 0 aromatic carbocycles. The molecule has 0 radical (unpaired) electrons. The summed E-state index contributed by atoms with van der Waals surface area (Å²) in [4.78, 5) is 21.4. The van der Waals surface area contributed by atoms with E-state index in [9.17, 15) is 19.4 Å². The molecule has 34 heavy (non-hydrogen) atoms. The highest BCUT2D eigenvalue weighted by atomic mass is 31.2. The first kappa shape index (κ1) is 33.0. The van der Waals surface area contributed by atoms with Crippen LogP contribution in [0.25, 0.3) is 0 Å². The van der Waals surface area contributed by atoms with Crippen molar-refractivity contribution in [2.45, 2.75) is 83.7 Å². The van der Waals surface area contributed by atoms with E-state index in [1.165, 1.54) is 19.3 Å². The van der Waals surface area contributed by atoms with Crippen LogP contribution in [0.4, 0.5) is 0 Å². The Bertz CT molecular complexity index is 617. The van der Waals surface area contributed by atoms with Gasteiger partial charge in [0.15, 0.2) is 0 Å². The van der Waals surface area contributed by atoms with Gasteiger partial charge in [0.25, 0.3) is 0 Å². The van der Waals surface area contributed by atoms with Gasteiger partial charge >= 0.3 is 13.8 Å². The van der Waals surface area contributed by atoms with Gasteiger partial charge in [0.1, 0.15) is 25.9 Å². The van der Waals surface area contributed by atoms with Gasteiger partial charge in [0.05, 0.1) is 27.7 Å². The number of ether oxygens (including phenoxy) is 1. The van der Waals surface area contributed by atoms with Crippen LogP contribution in [0.5, 0.6) is 0 Å². The summed E-state index contributed by atoms with van der Waals surface area (Å²) in [5, 5.41) is 9.81. The highest BCUT2D eigenvalue weighted by Gasteiger charge is 2.24. The largest absolute Gasteiger partial charge is 0.472 e. The maximum Gasteiger partial charge on any atom is 0.472 e. The van der Waals surface area contributed by atoms with Crippen LogP contribution in [0.3, 0.4) is 0 Å². The lowest BCUT2D eigenvalue weighted by Gasteiger charge is -2.24. The highest BCUT2D eigenvalue weighted by molar-refractivity contribution is 7.47. The molecule has 0 saturated carbocycles. The van der Waals surface area contributed by atoms with Crippen molar-refractivity contribution in [3.63, 3.8) is 0 Å². The van der Waals surface area contributed by atoms with Crippen LogP contribution >= 0.6 is 7.82 Å². The number of phosphoric ester groups is 1. The lowest BCUT2D eigenvalue weighted by molar-refractivity contribution is -0.870. The fourth-order valence-electron chi connectivity index (χ4n) is 2.85. The van der Waals surface area contributed by atoms with Crippen LogP contribution in [0.15, 0.2) is 24.3 Å². The summed E-state index contributed by atoms with van der Waals surface area (Å²) in [6, 6.07) is 0. The van der Waals surface area contributed by atoms with Crippen LogP contribution in [0.1, 0.15) is 77.6 Å². The van der Waals surface area contributed by atoms with E-state index < -0.39 is 20.5 Å². The summed E-state index contributed by atoms with van der Waals surface area (Å²) in [5.74, 6) is -0.389. The number of rotatable bonds is 22. The van der Waals surface area contributed by atoms with Crippen molar-refractivity contribution in [1.29, 1.82) is 0 Å². The van der Waals surface area contributed by atoms with E-state index in [1.807, 2.05) is 21.1 Å². The number of allylic oxidation sites excluding steroid dienone is 4. The predicted octanol–water partition coefficient (Wildman–Crippen LogP) is 5.15. The van der Waals surface area contributed by atoms with Crippen molar-refractivity contribution in [3.05, 3.63) is 24.3 Å². The summed E-state index contributed by atoms with van der Waals surface area (Å²) in [6.45, 7) is 2.06. The molecule has 0 rings (SSSR count). The molecule has 2 unspecified atom stereocenters. The second-order valence-corrected chi connectivity index (χ2v) is 11.0. The number of likely N-dealkylation sites (N-methyl/N-ethyl adjacent to an activating group) is 1. The monoisotopic (exact) mass is 506 g/mol. The van der Waals surface area contributed by atoms with Crippen LogP contribution in [0.2, 0.25) is 0 Å². The Kier molecular flexibility index (Phi) is 19.6. The summed E-state index contributed by atoms with van der Waals surface area (Å²) in [7, 11) is 1.55. The Morgan fingerprint density at radius 3 is 2.18 bits per heavy atom. The third kappa shape index (κ3) is 24.1. The molecule has 0 bridgehead atoms. The van der Waals surface area contributed by atoms with Gasteiger partial charge in [-0.05, 0) is 32.1 Å². The average Bonchev–Trinajstić information content (AvgIpc) is 2.75.